The Hall–Kier alpha value is -3.11. The number of hydrogen-bond acceptors (Lipinski definition) is 7. The maximum absolute atomic E-state index is 12.3. The number of nitro groups is 1. The highest BCUT2D eigenvalue weighted by molar-refractivity contribution is 7.93. The average Bonchev–Trinajstić information content (AvgIpc) is 3.12. The predicted octanol–water partition coefficient (Wildman–Crippen LogP) is 3.60. The van der Waals surface area contributed by atoms with E-state index in [1.807, 2.05) is 0 Å². The van der Waals surface area contributed by atoms with Crippen LogP contribution in [0.4, 0.5) is 16.5 Å². The third kappa shape index (κ3) is 4.10. The fraction of sp³-hybridized carbons (Fsp3) is 0. The Balaban J connectivity index is 1.79. The van der Waals surface area contributed by atoms with E-state index in [-0.39, 0.29) is 15.7 Å². The average molecular weight is 388 g/mol. The van der Waals surface area contributed by atoms with Crippen LogP contribution in [0.25, 0.3) is 0 Å². The third-order valence-electron chi connectivity index (χ3n) is 3.29. The molecule has 0 fully saturated rings. The summed E-state index contributed by atoms with van der Waals surface area (Å²) in [5, 5.41) is 12.9. The lowest BCUT2D eigenvalue weighted by Crippen LogP contribution is -2.12. The molecule has 0 atom stereocenters. The third-order valence-corrected chi connectivity index (χ3v) is 5.46. The van der Waals surface area contributed by atoms with Crippen LogP contribution in [0.3, 0.4) is 0 Å². The van der Waals surface area contributed by atoms with Gasteiger partial charge >= 0.3 is 0 Å². The van der Waals surface area contributed by atoms with Crippen LogP contribution in [-0.4, -0.2) is 24.5 Å². The zero-order valence-electron chi connectivity index (χ0n) is 13.1. The maximum atomic E-state index is 12.3. The molecule has 0 saturated heterocycles. The van der Waals surface area contributed by atoms with Crippen molar-refractivity contribution < 1.29 is 13.3 Å². The fourth-order valence-corrected chi connectivity index (χ4v) is 3.85. The number of para-hydroxylation sites is 1. The van der Waals surface area contributed by atoms with Crippen molar-refractivity contribution in [3.63, 3.8) is 0 Å². The quantitative estimate of drug-likeness (QED) is 0.393. The molecule has 0 aliphatic carbocycles. The minimum absolute atomic E-state index is 0.0527. The van der Waals surface area contributed by atoms with Gasteiger partial charge in [0.05, 0.1) is 21.1 Å². The van der Waals surface area contributed by atoms with Crippen molar-refractivity contribution in [2.24, 2.45) is 4.99 Å². The van der Waals surface area contributed by atoms with Gasteiger partial charge in [-0.1, -0.05) is 12.1 Å². The van der Waals surface area contributed by atoms with Crippen molar-refractivity contribution in [2.45, 2.75) is 4.90 Å². The summed E-state index contributed by atoms with van der Waals surface area (Å²) in [4.78, 5) is 18.6. The van der Waals surface area contributed by atoms with Crippen LogP contribution in [0.2, 0.25) is 0 Å². The first kappa shape index (κ1) is 17.7. The Morgan fingerprint density at radius 3 is 2.54 bits per heavy atom. The number of anilines is 1. The molecule has 1 aromatic heterocycles. The van der Waals surface area contributed by atoms with E-state index in [0.717, 1.165) is 0 Å². The molecule has 8 nitrogen and oxygen atoms in total. The fourth-order valence-electron chi connectivity index (χ4n) is 2.07. The Morgan fingerprint density at radius 2 is 1.88 bits per heavy atom. The van der Waals surface area contributed by atoms with E-state index in [1.54, 1.807) is 23.6 Å². The monoisotopic (exact) mass is 388 g/mol. The van der Waals surface area contributed by atoms with E-state index in [9.17, 15) is 18.5 Å². The number of sulfonamides is 1. The smallest absolute Gasteiger partial charge is 0.258 e. The topological polar surface area (TPSA) is 115 Å². The maximum Gasteiger partial charge on any atom is 0.278 e. The summed E-state index contributed by atoms with van der Waals surface area (Å²) in [6, 6.07) is 12.1. The molecule has 0 amide bonds. The molecule has 10 heteroatoms. The first-order chi connectivity index (χ1) is 12.5. The largest absolute Gasteiger partial charge is 0.278 e. The summed E-state index contributed by atoms with van der Waals surface area (Å²) in [6.45, 7) is 0. The van der Waals surface area contributed by atoms with Crippen LogP contribution in [0, 0.1) is 10.1 Å². The summed E-state index contributed by atoms with van der Waals surface area (Å²) in [5.41, 5.74) is 0.777. The molecule has 0 radical (unpaired) electrons. The number of rotatable bonds is 6. The van der Waals surface area contributed by atoms with Crippen molar-refractivity contribution in [3.8, 4) is 0 Å². The van der Waals surface area contributed by atoms with Gasteiger partial charge in [0.2, 0.25) is 0 Å². The highest BCUT2D eigenvalue weighted by Gasteiger charge is 2.15. The van der Waals surface area contributed by atoms with E-state index >= 15 is 0 Å². The molecule has 0 aliphatic rings. The van der Waals surface area contributed by atoms with Crippen LogP contribution in [0.5, 0.6) is 0 Å². The minimum atomic E-state index is -3.73. The number of nitrogens with zero attached hydrogens (tertiary/aromatic N) is 3. The molecule has 0 bridgehead atoms. The van der Waals surface area contributed by atoms with E-state index in [1.165, 1.54) is 54.1 Å². The second kappa shape index (κ2) is 7.42. The molecular weight excluding hydrogens is 376 g/mol. The van der Waals surface area contributed by atoms with Gasteiger partial charge in [-0.15, -0.1) is 11.3 Å². The summed E-state index contributed by atoms with van der Waals surface area (Å²) in [7, 11) is -3.73. The SMILES string of the molecule is O=[N+]([O-])c1ccccc1C=Nc1ccc(S(=O)(=O)Nc2nccs2)cc1. The van der Waals surface area contributed by atoms with Crippen molar-refractivity contribution in [1.82, 2.24) is 4.98 Å². The van der Waals surface area contributed by atoms with E-state index in [4.69, 9.17) is 0 Å². The summed E-state index contributed by atoms with van der Waals surface area (Å²) in [6.07, 6.45) is 2.87. The molecule has 0 aliphatic heterocycles. The molecule has 3 aromatic rings. The van der Waals surface area contributed by atoms with E-state index < -0.39 is 14.9 Å². The lowest BCUT2D eigenvalue weighted by Gasteiger charge is -2.05. The molecule has 0 spiro atoms. The minimum Gasteiger partial charge on any atom is -0.258 e. The zero-order chi connectivity index (χ0) is 18.6. The molecule has 2 aromatic carbocycles. The van der Waals surface area contributed by atoms with Crippen molar-refractivity contribution >= 4 is 44.1 Å². The summed E-state index contributed by atoms with van der Waals surface area (Å²) >= 11 is 1.18. The second-order valence-electron chi connectivity index (χ2n) is 5.01. The van der Waals surface area contributed by atoms with Gasteiger partial charge in [-0.05, 0) is 30.3 Å². The van der Waals surface area contributed by atoms with E-state index in [0.29, 0.717) is 11.3 Å². The number of benzene rings is 2. The van der Waals surface area contributed by atoms with Crippen molar-refractivity contribution in [3.05, 3.63) is 75.8 Å². The van der Waals surface area contributed by atoms with E-state index in [2.05, 4.69) is 14.7 Å². The van der Waals surface area contributed by atoms with Gasteiger partial charge < -0.3 is 0 Å². The second-order valence-corrected chi connectivity index (χ2v) is 7.59. The predicted molar refractivity (Wildman–Crippen MR) is 99.7 cm³/mol. The van der Waals surface area contributed by atoms with Crippen LogP contribution < -0.4 is 4.72 Å². The molecule has 1 N–H and O–H groups in total. The number of thiazole rings is 1. The Morgan fingerprint density at radius 1 is 1.15 bits per heavy atom. The Labute approximate surface area is 153 Å². The highest BCUT2D eigenvalue weighted by Crippen LogP contribution is 2.21. The van der Waals surface area contributed by atoms with Gasteiger partial charge in [0.25, 0.3) is 15.7 Å². The highest BCUT2D eigenvalue weighted by atomic mass is 32.2. The van der Waals surface area contributed by atoms with Crippen LogP contribution in [0.15, 0.2) is 70.0 Å². The Kier molecular flexibility index (Phi) is 5.05. The van der Waals surface area contributed by atoms with Crippen LogP contribution in [-0.2, 0) is 10.0 Å². The lowest BCUT2D eigenvalue weighted by atomic mass is 10.2. The number of hydrogen-bond donors (Lipinski definition) is 1. The number of nitrogens with one attached hydrogen (secondary N) is 1. The van der Waals surface area contributed by atoms with Gasteiger partial charge in [-0.2, -0.15) is 0 Å². The lowest BCUT2D eigenvalue weighted by molar-refractivity contribution is -0.385. The van der Waals surface area contributed by atoms with Gasteiger partial charge in [-0.3, -0.25) is 19.8 Å². The first-order valence-corrected chi connectivity index (χ1v) is 9.62. The zero-order valence-corrected chi connectivity index (χ0v) is 14.8. The molecule has 26 heavy (non-hydrogen) atoms. The van der Waals surface area contributed by atoms with Crippen LogP contribution >= 0.6 is 11.3 Å². The Bertz CT molecular complexity index is 1050. The number of aromatic nitrogens is 1. The van der Waals surface area contributed by atoms with Gasteiger partial charge in [-0.25, -0.2) is 13.4 Å². The van der Waals surface area contributed by atoms with Crippen molar-refractivity contribution in [1.29, 1.82) is 0 Å². The van der Waals surface area contributed by atoms with Crippen molar-refractivity contribution in [2.75, 3.05) is 4.72 Å². The first-order valence-electron chi connectivity index (χ1n) is 7.25. The number of nitro benzene ring substituents is 1. The molecular formula is C16H12N4O4S2. The molecule has 132 valence electrons. The number of aliphatic imine (C=N–C) groups is 1. The molecule has 0 unspecified atom stereocenters. The molecule has 0 saturated carbocycles. The van der Waals surface area contributed by atoms with Gasteiger partial charge in [0, 0.05) is 23.9 Å². The summed E-state index contributed by atoms with van der Waals surface area (Å²) in [5.74, 6) is 0. The molecule has 1 heterocycles. The van der Waals surface area contributed by atoms with Gasteiger partial charge in [0.15, 0.2) is 5.13 Å². The summed E-state index contributed by atoms with van der Waals surface area (Å²) < 4.78 is 26.9. The normalized spacial score (nSPS) is 11.5. The standard InChI is InChI=1S/C16H12N4O4S2/c21-20(22)15-4-2-1-3-12(15)11-18-13-5-7-14(8-6-13)26(23,24)19-16-17-9-10-25-16/h1-11H,(H,17,19). The molecule has 3 rings (SSSR count). The van der Waals surface area contributed by atoms with Crippen LogP contribution in [0.1, 0.15) is 5.56 Å². The van der Waals surface area contributed by atoms with Gasteiger partial charge in [0.1, 0.15) is 0 Å².